The minimum atomic E-state index is -0.296. The molecule has 4 aromatic rings. The number of nitrogens with one attached hydrogen (secondary N) is 2. The van der Waals surface area contributed by atoms with Gasteiger partial charge in [0, 0.05) is 23.1 Å². The van der Waals surface area contributed by atoms with Crippen LogP contribution in [0.5, 0.6) is 0 Å². The number of urea groups is 1. The van der Waals surface area contributed by atoms with Gasteiger partial charge in [-0.15, -0.1) is 0 Å². The highest BCUT2D eigenvalue weighted by Gasteiger charge is 2.15. The minimum Gasteiger partial charge on any atom is -0.382 e. The van der Waals surface area contributed by atoms with Crippen LogP contribution in [0.15, 0.2) is 61.1 Å². The quantitative estimate of drug-likeness (QED) is 0.423. The Hall–Kier alpha value is -3.87. The molecule has 0 bridgehead atoms. The number of aromatic nitrogens is 3. The molecular weight excluding hydrogens is 388 g/mol. The molecule has 7 nitrogen and oxygen atoms in total. The van der Waals surface area contributed by atoms with E-state index in [0.717, 1.165) is 27.9 Å². The van der Waals surface area contributed by atoms with Gasteiger partial charge in [-0.2, -0.15) is 5.10 Å². The van der Waals surface area contributed by atoms with Crippen molar-refractivity contribution in [3.63, 3.8) is 0 Å². The predicted molar refractivity (Wildman–Crippen MR) is 125 cm³/mol. The van der Waals surface area contributed by atoms with E-state index in [0.29, 0.717) is 23.8 Å². The molecule has 2 heterocycles. The van der Waals surface area contributed by atoms with Crippen molar-refractivity contribution in [1.29, 1.82) is 0 Å². The first-order chi connectivity index (χ1) is 15.0. The molecule has 0 saturated carbocycles. The first-order valence-corrected chi connectivity index (χ1v) is 10.1. The van der Waals surface area contributed by atoms with Gasteiger partial charge in [-0.25, -0.2) is 14.3 Å². The Morgan fingerprint density at radius 3 is 2.26 bits per heavy atom. The number of nitrogen functional groups attached to an aromatic ring is 1. The minimum absolute atomic E-state index is 0.296. The third kappa shape index (κ3) is 4.21. The van der Waals surface area contributed by atoms with Gasteiger partial charge in [0.1, 0.15) is 11.8 Å². The third-order valence-corrected chi connectivity index (χ3v) is 5.22. The molecule has 0 atom stereocenters. The molecule has 7 heteroatoms. The van der Waals surface area contributed by atoms with Crippen LogP contribution in [0.3, 0.4) is 0 Å². The van der Waals surface area contributed by atoms with Gasteiger partial charge >= 0.3 is 6.03 Å². The molecule has 0 spiro atoms. The van der Waals surface area contributed by atoms with Crippen LogP contribution in [-0.2, 0) is 6.42 Å². The molecule has 2 aromatic heterocycles. The number of hydrogen-bond acceptors (Lipinski definition) is 4. The van der Waals surface area contributed by atoms with Crippen LogP contribution in [0.25, 0.3) is 16.6 Å². The summed E-state index contributed by atoms with van der Waals surface area (Å²) in [6.07, 6.45) is 3.94. The number of fused-ring (bicyclic) bond motifs is 1. The molecule has 157 valence electrons. The van der Waals surface area contributed by atoms with Crippen LogP contribution < -0.4 is 16.4 Å². The lowest BCUT2D eigenvalue weighted by Crippen LogP contribution is -2.19. The Kier molecular flexibility index (Phi) is 5.58. The van der Waals surface area contributed by atoms with E-state index in [2.05, 4.69) is 41.5 Å². The third-order valence-electron chi connectivity index (χ3n) is 5.22. The Morgan fingerprint density at radius 2 is 1.68 bits per heavy atom. The molecule has 0 saturated heterocycles. The maximum Gasteiger partial charge on any atom is 0.323 e. The molecule has 1 radical (unpaired) electrons. The number of hydrogen-bond donors (Lipinski definition) is 3. The van der Waals surface area contributed by atoms with E-state index in [4.69, 9.17) is 5.73 Å². The summed E-state index contributed by atoms with van der Waals surface area (Å²) in [5.74, 6) is 0.861. The smallest absolute Gasteiger partial charge is 0.323 e. The number of rotatable bonds is 5. The zero-order chi connectivity index (χ0) is 22.0. The Balaban J connectivity index is 1.51. The van der Waals surface area contributed by atoms with Gasteiger partial charge in [0.25, 0.3) is 0 Å². The lowest BCUT2D eigenvalue weighted by atomic mass is 10.0. The van der Waals surface area contributed by atoms with Crippen LogP contribution in [-0.4, -0.2) is 20.6 Å². The van der Waals surface area contributed by atoms with Crippen LogP contribution in [0.2, 0.25) is 0 Å². The van der Waals surface area contributed by atoms with E-state index in [1.807, 2.05) is 54.7 Å². The standard InChI is InChI=1S/C24H25N6O/c1-4-16-13-30-22(23(25)26-14-27-30)21(16)18-7-11-20(12-8-18)29-24(31)28-19-9-5-17(6-10-19)15(2)3/h5-15H,1,4H2,2-3H3,(H2,25,26,27)(H2,28,29,31). The number of benzene rings is 2. The Labute approximate surface area is 181 Å². The summed E-state index contributed by atoms with van der Waals surface area (Å²) >= 11 is 0. The highest BCUT2D eigenvalue weighted by atomic mass is 16.2. The topological polar surface area (TPSA) is 97.3 Å². The van der Waals surface area contributed by atoms with Crippen molar-refractivity contribution in [2.45, 2.75) is 26.2 Å². The Morgan fingerprint density at radius 1 is 1.06 bits per heavy atom. The average molecular weight is 414 g/mol. The second-order valence-corrected chi connectivity index (χ2v) is 7.65. The second-order valence-electron chi connectivity index (χ2n) is 7.65. The summed E-state index contributed by atoms with van der Waals surface area (Å²) in [7, 11) is 0. The molecule has 0 aliphatic heterocycles. The van der Waals surface area contributed by atoms with Crippen molar-refractivity contribution in [3.8, 4) is 11.1 Å². The van der Waals surface area contributed by atoms with Gasteiger partial charge in [0.2, 0.25) is 0 Å². The summed E-state index contributed by atoms with van der Waals surface area (Å²) in [4.78, 5) is 16.5. The zero-order valence-corrected chi connectivity index (χ0v) is 17.6. The van der Waals surface area contributed by atoms with Crippen LogP contribution in [0, 0.1) is 6.92 Å². The number of nitrogens with two attached hydrogens (primary N) is 1. The van der Waals surface area contributed by atoms with Crippen molar-refractivity contribution < 1.29 is 4.79 Å². The maximum absolute atomic E-state index is 12.4. The average Bonchev–Trinajstić information content (AvgIpc) is 3.14. The molecule has 0 aliphatic carbocycles. The number of anilines is 3. The van der Waals surface area contributed by atoms with Crippen LogP contribution >= 0.6 is 0 Å². The number of carbonyl (C=O) groups excluding carboxylic acids is 1. The molecule has 2 amide bonds. The van der Waals surface area contributed by atoms with Gasteiger partial charge in [-0.05, 0) is 60.2 Å². The van der Waals surface area contributed by atoms with Crippen LogP contribution in [0.4, 0.5) is 22.0 Å². The van der Waals surface area contributed by atoms with Gasteiger partial charge in [-0.1, -0.05) is 38.1 Å². The monoisotopic (exact) mass is 413 g/mol. The van der Waals surface area contributed by atoms with Crippen molar-refractivity contribution >= 4 is 28.7 Å². The first-order valence-electron chi connectivity index (χ1n) is 10.1. The lowest BCUT2D eigenvalue weighted by molar-refractivity contribution is 0.262. The van der Waals surface area contributed by atoms with Crippen molar-refractivity contribution in [2.24, 2.45) is 0 Å². The van der Waals surface area contributed by atoms with Gasteiger partial charge < -0.3 is 16.4 Å². The molecule has 31 heavy (non-hydrogen) atoms. The highest BCUT2D eigenvalue weighted by Crippen LogP contribution is 2.33. The van der Waals surface area contributed by atoms with E-state index in [-0.39, 0.29) is 6.03 Å². The van der Waals surface area contributed by atoms with E-state index >= 15 is 0 Å². The van der Waals surface area contributed by atoms with E-state index in [9.17, 15) is 4.79 Å². The fourth-order valence-electron chi connectivity index (χ4n) is 3.56. The largest absolute Gasteiger partial charge is 0.382 e. The summed E-state index contributed by atoms with van der Waals surface area (Å²) in [5.41, 5.74) is 12.4. The molecular formula is C24H25N6O. The molecule has 0 aliphatic rings. The Bertz CT molecular complexity index is 1210. The van der Waals surface area contributed by atoms with Gasteiger partial charge in [0.05, 0.1) is 0 Å². The second kappa shape index (κ2) is 8.47. The normalized spacial score (nSPS) is 11.1. The molecule has 2 aromatic carbocycles. The van der Waals surface area contributed by atoms with Gasteiger partial charge in [-0.3, -0.25) is 0 Å². The fourth-order valence-corrected chi connectivity index (χ4v) is 3.56. The maximum atomic E-state index is 12.4. The van der Waals surface area contributed by atoms with E-state index in [1.54, 1.807) is 4.52 Å². The fraction of sp³-hybridized carbons (Fsp3) is 0.167. The first kappa shape index (κ1) is 20.4. The summed E-state index contributed by atoms with van der Waals surface area (Å²) in [6.45, 7) is 8.28. The van der Waals surface area contributed by atoms with Gasteiger partial charge in [0.15, 0.2) is 5.82 Å². The SMILES string of the molecule is [CH2]Cc1cn2ncnc(N)c2c1-c1ccc(NC(=O)Nc2ccc(C(C)C)cc2)cc1. The van der Waals surface area contributed by atoms with E-state index in [1.165, 1.54) is 11.9 Å². The number of amides is 2. The lowest BCUT2D eigenvalue weighted by Gasteiger charge is -2.10. The molecule has 4 N–H and O–H groups in total. The number of nitrogens with zero attached hydrogens (tertiary/aromatic N) is 3. The summed E-state index contributed by atoms with van der Waals surface area (Å²) in [6, 6.07) is 15.1. The van der Waals surface area contributed by atoms with Crippen molar-refractivity contribution in [1.82, 2.24) is 14.6 Å². The summed E-state index contributed by atoms with van der Waals surface area (Å²) in [5, 5.41) is 9.96. The predicted octanol–water partition coefficient (Wildman–Crippen LogP) is 5.12. The van der Waals surface area contributed by atoms with Crippen LogP contribution in [0.1, 0.15) is 30.9 Å². The molecule has 0 fully saturated rings. The molecule has 0 unspecified atom stereocenters. The highest BCUT2D eigenvalue weighted by molar-refractivity contribution is 6.00. The molecule has 4 rings (SSSR count). The van der Waals surface area contributed by atoms with E-state index < -0.39 is 0 Å². The number of carbonyl (C=O) groups is 1. The van der Waals surface area contributed by atoms with Crippen molar-refractivity contribution in [3.05, 3.63) is 79.1 Å². The van der Waals surface area contributed by atoms with Crippen molar-refractivity contribution in [2.75, 3.05) is 16.4 Å². The summed E-state index contributed by atoms with van der Waals surface area (Å²) < 4.78 is 1.72. The zero-order valence-electron chi connectivity index (χ0n) is 17.6.